The second-order valence-corrected chi connectivity index (χ2v) is 6.45. The lowest BCUT2D eigenvalue weighted by molar-refractivity contribution is -0.131. The van der Waals surface area contributed by atoms with Crippen LogP contribution in [-0.4, -0.2) is 25.6 Å². The molecule has 7 nitrogen and oxygen atoms in total. The van der Waals surface area contributed by atoms with Crippen LogP contribution < -0.4 is 14.8 Å². The van der Waals surface area contributed by atoms with Crippen LogP contribution >= 0.6 is 11.3 Å². The Kier molecular flexibility index (Phi) is 4.02. The number of benzene rings is 1. The second-order valence-electron chi connectivity index (χ2n) is 5.44. The number of pyridine rings is 1. The van der Waals surface area contributed by atoms with Crippen molar-refractivity contribution in [3.63, 3.8) is 0 Å². The lowest BCUT2D eigenvalue weighted by Gasteiger charge is -2.00. The first-order chi connectivity index (χ1) is 12.6. The van der Waals surface area contributed by atoms with E-state index in [1.54, 1.807) is 54.9 Å². The van der Waals surface area contributed by atoms with Gasteiger partial charge in [0, 0.05) is 24.9 Å². The molecule has 128 valence electrons. The van der Waals surface area contributed by atoms with E-state index in [-0.39, 0.29) is 11.5 Å². The largest absolute Gasteiger partial charge is 0.427 e. The van der Waals surface area contributed by atoms with Crippen molar-refractivity contribution >= 4 is 28.3 Å². The number of nitrogens with zero attached hydrogens (tertiary/aromatic N) is 4. The summed E-state index contributed by atoms with van der Waals surface area (Å²) in [5.74, 6) is 0.578. The predicted molar refractivity (Wildman–Crippen MR) is 96.9 cm³/mol. The van der Waals surface area contributed by atoms with E-state index in [0.29, 0.717) is 21.1 Å². The Bertz CT molecular complexity index is 1200. The smallest absolute Gasteiger partial charge is 0.308 e. The molecular formula is C18H12N4O3S. The number of carbonyl (C=O) groups excluding carboxylic acids is 1. The quantitative estimate of drug-likeness (QED) is 0.406. The zero-order valence-corrected chi connectivity index (χ0v) is 14.4. The molecule has 0 bridgehead atoms. The van der Waals surface area contributed by atoms with Crippen molar-refractivity contribution in [1.82, 2.24) is 19.6 Å². The first-order valence-electron chi connectivity index (χ1n) is 7.70. The number of hydrogen-bond acceptors (Lipinski definition) is 7. The lowest BCUT2D eigenvalue weighted by Crippen LogP contribution is -2.23. The lowest BCUT2D eigenvalue weighted by atomic mass is 10.2. The van der Waals surface area contributed by atoms with Gasteiger partial charge in [-0.3, -0.25) is 14.6 Å². The number of rotatable bonds is 3. The second kappa shape index (κ2) is 6.49. The van der Waals surface area contributed by atoms with Crippen LogP contribution in [0.4, 0.5) is 0 Å². The summed E-state index contributed by atoms with van der Waals surface area (Å²) in [5.41, 5.74) is 1.40. The van der Waals surface area contributed by atoms with Crippen molar-refractivity contribution in [3.05, 3.63) is 69.2 Å². The van der Waals surface area contributed by atoms with Gasteiger partial charge in [0.25, 0.3) is 5.56 Å². The third-order valence-electron chi connectivity index (χ3n) is 3.56. The Labute approximate surface area is 151 Å². The zero-order valence-electron chi connectivity index (χ0n) is 13.6. The molecule has 0 unspecified atom stereocenters. The molecule has 0 aliphatic carbocycles. The first-order valence-corrected chi connectivity index (χ1v) is 8.52. The molecule has 26 heavy (non-hydrogen) atoms. The van der Waals surface area contributed by atoms with E-state index in [1.165, 1.54) is 22.8 Å². The number of ether oxygens (including phenoxy) is 1. The summed E-state index contributed by atoms with van der Waals surface area (Å²) >= 11 is 1.27. The molecule has 0 aliphatic rings. The fourth-order valence-electron chi connectivity index (χ4n) is 2.41. The molecule has 0 aliphatic heterocycles. The summed E-state index contributed by atoms with van der Waals surface area (Å²) in [5, 5.41) is 4.29. The summed E-state index contributed by atoms with van der Waals surface area (Å²) in [4.78, 5) is 32.4. The standard InChI is InChI=1S/C18H12N4O3S/c1-11(23)25-14-4-2-12(3-5-14)10-15-17(24)22-18(26-15)20-16(21-22)13-6-8-19-9-7-13/h2-10H,1H3/b15-10+. The maximum Gasteiger partial charge on any atom is 0.308 e. The summed E-state index contributed by atoms with van der Waals surface area (Å²) in [7, 11) is 0. The number of carbonyl (C=O) groups is 1. The van der Waals surface area contributed by atoms with Gasteiger partial charge in [0.15, 0.2) is 5.82 Å². The highest BCUT2D eigenvalue weighted by Gasteiger charge is 2.11. The van der Waals surface area contributed by atoms with Gasteiger partial charge < -0.3 is 4.74 Å². The molecule has 0 amide bonds. The molecule has 0 spiro atoms. The molecule has 0 fully saturated rings. The van der Waals surface area contributed by atoms with Crippen LogP contribution in [0.15, 0.2) is 53.6 Å². The topological polar surface area (TPSA) is 86.4 Å². The molecule has 0 atom stereocenters. The number of fused-ring (bicyclic) bond motifs is 1. The molecule has 8 heteroatoms. The van der Waals surface area contributed by atoms with Crippen LogP contribution in [0.25, 0.3) is 22.4 Å². The summed E-state index contributed by atoms with van der Waals surface area (Å²) < 4.78 is 6.83. The Morgan fingerprint density at radius 3 is 2.54 bits per heavy atom. The molecule has 3 heterocycles. The fourth-order valence-corrected chi connectivity index (χ4v) is 3.31. The van der Waals surface area contributed by atoms with Crippen LogP contribution in [-0.2, 0) is 4.79 Å². The van der Waals surface area contributed by atoms with Crippen LogP contribution in [0.3, 0.4) is 0 Å². The average molecular weight is 364 g/mol. The third kappa shape index (κ3) is 3.09. The predicted octanol–water partition coefficient (Wildman–Crippen LogP) is 1.69. The molecule has 0 N–H and O–H groups in total. The van der Waals surface area contributed by atoms with Crippen molar-refractivity contribution in [2.75, 3.05) is 0 Å². The van der Waals surface area contributed by atoms with Crippen LogP contribution in [0, 0.1) is 0 Å². The number of aromatic nitrogens is 4. The van der Waals surface area contributed by atoms with Gasteiger partial charge in [0.1, 0.15) is 5.75 Å². The van der Waals surface area contributed by atoms with Gasteiger partial charge in [-0.2, -0.15) is 9.50 Å². The minimum absolute atomic E-state index is 0.220. The Morgan fingerprint density at radius 2 is 1.88 bits per heavy atom. The van der Waals surface area contributed by atoms with Gasteiger partial charge in [0.2, 0.25) is 4.96 Å². The van der Waals surface area contributed by atoms with Gasteiger partial charge in [-0.1, -0.05) is 23.5 Å². The van der Waals surface area contributed by atoms with E-state index >= 15 is 0 Å². The van der Waals surface area contributed by atoms with E-state index in [0.717, 1.165) is 11.1 Å². The van der Waals surface area contributed by atoms with Gasteiger partial charge in [-0.05, 0) is 35.9 Å². The summed E-state index contributed by atoms with van der Waals surface area (Å²) in [6, 6.07) is 10.5. The first kappa shape index (κ1) is 16.1. The molecule has 0 saturated carbocycles. The van der Waals surface area contributed by atoms with E-state index in [9.17, 15) is 9.59 Å². The summed E-state index contributed by atoms with van der Waals surface area (Å²) in [6.45, 7) is 1.35. The molecule has 4 rings (SSSR count). The molecule has 4 aromatic rings. The zero-order chi connectivity index (χ0) is 18.1. The van der Waals surface area contributed by atoms with Gasteiger partial charge in [-0.25, -0.2) is 0 Å². The molecule has 3 aromatic heterocycles. The van der Waals surface area contributed by atoms with Crippen molar-refractivity contribution < 1.29 is 9.53 Å². The van der Waals surface area contributed by atoms with Crippen LogP contribution in [0.5, 0.6) is 5.75 Å². The fraction of sp³-hybridized carbons (Fsp3) is 0.0556. The van der Waals surface area contributed by atoms with Crippen LogP contribution in [0.1, 0.15) is 12.5 Å². The normalized spacial score (nSPS) is 11.8. The maximum absolute atomic E-state index is 12.5. The minimum atomic E-state index is -0.376. The molecule has 1 aromatic carbocycles. The Balaban J connectivity index is 1.70. The Morgan fingerprint density at radius 1 is 1.15 bits per heavy atom. The van der Waals surface area contributed by atoms with Crippen LogP contribution in [0.2, 0.25) is 0 Å². The van der Waals surface area contributed by atoms with Gasteiger partial charge in [-0.15, -0.1) is 5.10 Å². The SMILES string of the molecule is CC(=O)Oc1ccc(/C=c2/sc3nc(-c4ccncc4)nn3c2=O)cc1. The number of esters is 1. The highest BCUT2D eigenvalue weighted by atomic mass is 32.1. The molecular weight excluding hydrogens is 352 g/mol. The van der Waals surface area contributed by atoms with E-state index < -0.39 is 0 Å². The highest BCUT2D eigenvalue weighted by molar-refractivity contribution is 7.15. The van der Waals surface area contributed by atoms with Crippen molar-refractivity contribution in [2.45, 2.75) is 6.92 Å². The maximum atomic E-state index is 12.5. The van der Waals surface area contributed by atoms with E-state index in [4.69, 9.17) is 4.74 Å². The Hall–Kier alpha value is -3.39. The number of thiazole rings is 1. The minimum Gasteiger partial charge on any atom is -0.427 e. The van der Waals surface area contributed by atoms with Crippen molar-refractivity contribution in [3.8, 4) is 17.1 Å². The third-order valence-corrected chi connectivity index (χ3v) is 4.52. The average Bonchev–Trinajstić information content (AvgIpc) is 3.17. The van der Waals surface area contributed by atoms with E-state index in [1.807, 2.05) is 0 Å². The molecule has 0 radical (unpaired) electrons. The summed E-state index contributed by atoms with van der Waals surface area (Å²) in [6.07, 6.45) is 5.07. The molecule has 0 saturated heterocycles. The van der Waals surface area contributed by atoms with Crippen molar-refractivity contribution in [1.29, 1.82) is 0 Å². The monoisotopic (exact) mass is 364 g/mol. The number of hydrogen-bond donors (Lipinski definition) is 0. The van der Waals surface area contributed by atoms with Gasteiger partial charge in [0.05, 0.1) is 4.53 Å². The van der Waals surface area contributed by atoms with Crippen molar-refractivity contribution in [2.24, 2.45) is 0 Å². The highest BCUT2D eigenvalue weighted by Crippen LogP contribution is 2.15. The van der Waals surface area contributed by atoms with E-state index in [2.05, 4.69) is 15.1 Å². The van der Waals surface area contributed by atoms with Gasteiger partial charge >= 0.3 is 5.97 Å².